The van der Waals surface area contributed by atoms with E-state index in [1.54, 1.807) is 81.4 Å². The van der Waals surface area contributed by atoms with Gasteiger partial charge in [-0.05, 0) is 38.0 Å². The van der Waals surface area contributed by atoms with Gasteiger partial charge in [-0.25, -0.2) is 9.59 Å². The molecule has 0 aliphatic carbocycles. The number of rotatable bonds is 8. The molecule has 0 radical (unpaired) electrons. The van der Waals surface area contributed by atoms with Crippen molar-refractivity contribution in [2.24, 2.45) is 0 Å². The summed E-state index contributed by atoms with van der Waals surface area (Å²) in [5.74, 6) is -2.39. The standard InChI is InChI=1S/C25H27NO6/c1-25(2,3)32-21(28)14-13-17-9-8-10-18(15-17)16-20(27)26-22(24(30)31-4)23(29)19-11-6-5-7-12-19/h5-15,22H,16H2,1-4H3,(H,26,27). The Bertz CT molecular complexity index is 1000. The molecule has 7 nitrogen and oxygen atoms in total. The highest BCUT2D eigenvalue weighted by Gasteiger charge is 2.30. The predicted octanol–water partition coefficient (Wildman–Crippen LogP) is 3.12. The van der Waals surface area contributed by atoms with Crippen molar-refractivity contribution in [3.05, 3.63) is 77.4 Å². The Kier molecular flexibility index (Phi) is 8.46. The van der Waals surface area contributed by atoms with Crippen LogP contribution in [0.3, 0.4) is 0 Å². The third-order valence-corrected chi connectivity index (χ3v) is 4.20. The van der Waals surface area contributed by atoms with Gasteiger partial charge in [0.1, 0.15) is 5.60 Å². The molecule has 1 N–H and O–H groups in total. The lowest BCUT2D eigenvalue weighted by molar-refractivity contribution is -0.148. The summed E-state index contributed by atoms with van der Waals surface area (Å²) in [5, 5.41) is 2.45. The van der Waals surface area contributed by atoms with Crippen molar-refractivity contribution < 1.29 is 28.7 Å². The third-order valence-electron chi connectivity index (χ3n) is 4.20. The van der Waals surface area contributed by atoms with Gasteiger partial charge in [0, 0.05) is 11.6 Å². The molecule has 2 aromatic carbocycles. The molecule has 0 aliphatic rings. The van der Waals surface area contributed by atoms with Gasteiger partial charge < -0.3 is 14.8 Å². The first-order chi connectivity index (χ1) is 15.1. The van der Waals surface area contributed by atoms with Crippen molar-refractivity contribution in [3.8, 4) is 0 Å². The highest BCUT2D eigenvalue weighted by molar-refractivity contribution is 6.13. The van der Waals surface area contributed by atoms with E-state index >= 15 is 0 Å². The van der Waals surface area contributed by atoms with Crippen LogP contribution in [-0.2, 0) is 30.3 Å². The van der Waals surface area contributed by atoms with E-state index in [9.17, 15) is 19.2 Å². The fourth-order valence-corrected chi connectivity index (χ4v) is 2.82. The fourth-order valence-electron chi connectivity index (χ4n) is 2.82. The molecule has 32 heavy (non-hydrogen) atoms. The molecular weight excluding hydrogens is 410 g/mol. The average Bonchev–Trinajstić information content (AvgIpc) is 2.75. The Morgan fingerprint density at radius 2 is 1.69 bits per heavy atom. The number of Topliss-reactive ketones (excluding diaryl/α,β-unsaturated/α-hetero) is 1. The van der Waals surface area contributed by atoms with Gasteiger partial charge in [-0.3, -0.25) is 9.59 Å². The first-order valence-corrected chi connectivity index (χ1v) is 10.1. The van der Waals surface area contributed by atoms with E-state index in [0.717, 1.165) is 7.11 Å². The highest BCUT2D eigenvalue weighted by atomic mass is 16.6. The van der Waals surface area contributed by atoms with Crippen LogP contribution in [0.1, 0.15) is 42.3 Å². The first-order valence-electron chi connectivity index (χ1n) is 10.1. The summed E-state index contributed by atoms with van der Waals surface area (Å²) in [4.78, 5) is 49.2. The number of hydrogen-bond donors (Lipinski definition) is 1. The quantitative estimate of drug-likeness (QED) is 0.295. The zero-order valence-electron chi connectivity index (χ0n) is 18.6. The van der Waals surface area contributed by atoms with Crippen LogP contribution in [0.15, 0.2) is 60.7 Å². The fraction of sp³-hybridized carbons (Fsp3) is 0.280. The van der Waals surface area contributed by atoms with Crippen molar-refractivity contribution in [1.29, 1.82) is 0 Å². The lowest BCUT2D eigenvalue weighted by Gasteiger charge is -2.17. The number of hydrogen-bond acceptors (Lipinski definition) is 6. The highest BCUT2D eigenvalue weighted by Crippen LogP contribution is 2.11. The van der Waals surface area contributed by atoms with Gasteiger partial charge in [0.05, 0.1) is 13.5 Å². The van der Waals surface area contributed by atoms with Crippen LogP contribution in [-0.4, -0.2) is 42.4 Å². The maximum absolute atomic E-state index is 12.7. The Labute approximate surface area is 187 Å². The van der Waals surface area contributed by atoms with Crippen LogP contribution in [0.2, 0.25) is 0 Å². The van der Waals surface area contributed by atoms with E-state index in [2.05, 4.69) is 10.1 Å². The normalized spacial score (nSPS) is 12.1. The minimum atomic E-state index is -1.44. The van der Waals surface area contributed by atoms with E-state index in [1.165, 1.54) is 6.08 Å². The molecule has 0 aliphatic heterocycles. The van der Waals surface area contributed by atoms with Gasteiger partial charge in [0.2, 0.25) is 5.91 Å². The molecule has 1 amide bonds. The summed E-state index contributed by atoms with van der Waals surface area (Å²) in [6.07, 6.45) is 2.84. The lowest BCUT2D eigenvalue weighted by atomic mass is 10.0. The second-order valence-corrected chi connectivity index (χ2v) is 8.04. The molecule has 0 heterocycles. The predicted molar refractivity (Wildman–Crippen MR) is 120 cm³/mol. The summed E-state index contributed by atoms with van der Waals surface area (Å²) < 4.78 is 9.91. The van der Waals surface area contributed by atoms with Gasteiger partial charge in [0.15, 0.2) is 11.8 Å². The number of esters is 2. The van der Waals surface area contributed by atoms with E-state index < -0.39 is 35.3 Å². The van der Waals surface area contributed by atoms with Crippen molar-refractivity contribution in [3.63, 3.8) is 0 Å². The number of amides is 1. The number of methoxy groups -OCH3 is 1. The van der Waals surface area contributed by atoms with Gasteiger partial charge in [0.25, 0.3) is 0 Å². The first kappa shape index (κ1) is 24.5. The van der Waals surface area contributed by atoms with Gasteiger partial charge in [-0.15, -0.1) is 0 Å². The largest absolute Gasteiger partial charge is 0.467 e. The minimum absolute atomic E-state index is 0.0658. The monoisotopic (exact) mass is 437 g/mol. The van der Waals surface area contributed by atoms with Crippen LogP contribution in [0.5, 0.6) is 0 Å². The van der Waals surface area contributed by atoms with Crippen LogP contribution in [0, 0.1) is 0 Å². The maximum Gasteiger partial charge on any atom is 0.336 e. The Balaban J connectivity index is 2.07. The number of benzene rings is 2. The van der Waals surface area contributed by atoms with E-state index in [4.69, 9.17) is 4.74 Å². The molecular formula is C25H27NO6. The number of nitrogens with one attached hydrogen (secondary N) is 1. The summed E-state index contributed by atoms with van der Waals surface area (Å²) in [6.45, 7) is 5.34. The molecule has 1 atom stereocenters. The van der Waals surface area contributed by atoms with Crippen molar-refractivity contribution in [2.45, 2.75) is 38.8 Å². The molecule has 0 saturated heterocycles. The molecule has 7 heteroatoms. The van der Waals surface area contributed by atoms with Crippen molar-refractivity contribution in [2.75, 3.05) is 7.11 Å². The van der Waals surface area contributed by atoms with Crippen LogP contribution >= 0.6 is 0 Å². The number of ether oxygens (including phenoxy) is 2. The molecule has 0 bridgehead atoms. The third kappa shape index (κ3) is 7.83. The van der Waals surface area contributed by atoms with Crippen molar-refractivity contribution >= 4 is 29.7 Å². The SMILES string of the molecule is COC(=O)C(NC(=O)Cc1cccc(C=CC(=O)OC(C)(C)C)c1)C(=O)c1ccccc1. The van der Waals surface area contributed by atoms with Gasteiger partial charge >= 0.3 is 11.9 Å². The zero-order valence-corrected chi connectivity index (χ0v) is 18.6. The minimum Gasteiger partial charge on any atom is -0.467 e. The summed E-state index contributed by atoms with van der Waals surface area (Å²) in [5.41, 5.74) is 1.04. The van der Waals surface area contributed by atoms with E-state index in [1.807, 2.05) is 0 Å². The van der Waals surface area contributed by atoms with Gasteiger partial charge in [-0.1, -0.05) is 54.6 Å². The zero-order chi connectivity index (χ0) is 23.7. The van der Waals surface area contributed by atoms with Crippen LogP contribution < -0.4 is 5.32 Å². The summed E-state index contributed by atoms with van der Waals surface area (Å²) in [7, 11) is 1.15. The van der Waals surface area contributed by atoms with E-state index in [-0.39, 0.29) is 12.0 Å². The van der Waals surface area contributed by atoms with Crippen LogP contribution in [0.4, 0.5) is 0 Å². The molecule has 0 aromatic heterocycles. The van der Waals surface area contributed by atoms with E-state index in [0.29, 0.717) is 11.1 Å². The second-order valence-electron chi connectivity index (χ2n) is 8.04. The molecule has 0 fully saturated rings. The Hall–Kier alpha value is -3.74. The topological polar surface area (TPSA) is 98.8 Å². The van der Waals surface area contributed by atoms with Crippen molar-refractivity contribution in [1.82, 2.24) is 5.32 Å². The summed E-state index contributed by atoms with van der Waals surface area (Å²) >= 11 is 0. The van der Waals surface area contributed by atoms with Crippen LogP contribution in [0.25, 0.3) is 6.08 Å². The molecule has 2 aromatic rings. The molecule has 0 spiro atoms. The molecule has 1 unspecified atom stereocenters. The Morgan fingerprint density at radius 1 is 1.00 bits per heavy atom. The number of carbonyl (C=O) groups excluding carboxylic acids is 4. The molecule has 168 valence electrons. The lowest BCUT2D eigenvalue weighted by Crippen LogP contribution is -2.47. The number of ketones is 1. The average molecular weight is 437 g/mol. The maximum atomic E-state index is 12.7. The molecule has 2 rings (SSSR count). The number of carbonyl (C=O) groups is 4. The summed E-state index contributed by atoms with van der Waals surface area (Å²) in [6, 6.07) is 13.7. The smallest absolute Gasteiger partial charge is 0.336 e. The Morgan fingerprint density at radius 3 is 2.31 bits per heavy atom. The molecule has 0 saturated carbocycles. The van der Waals surface area contributed by atoms with Gasteiger partial charge in [-0.2, -0.15) is 0 Å². The second kappa shape index (κ2) is 11.0.